The summed E-state index contributed by atoms with van der Waals surface area (Å²) in [6.45, 7) is 1.91. The van der Waals surface area contributed by atoms with Gasteiger partial charge in [-0.3, -0.25) is 14.4 Å². The highest BCUT2D eigenvalue weighted by atomic mass is 32.1. The van der Waals surface area contributed by atoms with Gasteiger partial charge in [0.25, 0.3) is 17.4 Å². The summed E-state index contributed by atoms with van der Waals surface area (Å²) in [5.74, 6) is -4.46. The Morgan fingerprint density at radius 3 is 2.32 bits per heavy atom. The Kier molecular flexibility index (Phi) is 7.39. The number of methoxy groups -OCH3 is 1. The van der Waals surface area contributed by atoms with Gasteiger partial charge in [0, 0.05) is 17.4 Å². The van der Waals surface area contributed by atoms with E-state index >= 15 is 0 Å². The van der Waals surface area contributed by atoms with Crippen molar-refractivity contribution in [3.8, 4) is 0 Å². The number of thiazole rings is 1. The number of anilines is 2. The van der Waals surface area contributed by atoms with E-state index in [0.717, 1.165) is 33.9 Å². The second-order valence-corrected chi connectivity index (χ2v) is 8.78. The molecule has 2 aromatic carbocycles. The van der Waals surface area contributed by atoms with Crippen LogP contribution in [-0.2, 0) is 11.2 Å². The van der Waals surface area contributed by atoms with E-state index in [2.05, 4.69) is 20.4 Å². The van der Waals surface area contributed by atoms with Gasteiger partial charge in [-0.15, -0.1) is 0 Å². The third-order valence-corrected chi connectivity index (χ3v) is 6.30. The lowest BCUT2D eigenvalue weighted by Gasteiger charge is -2.10. The number of benzene rings is 2. The lowest BCUT2D eigenvalue weighted by atomic mass is 10.2. The fourth-order valence-electron chi connectivity index (χ4n) is 3.55. The SMILES string of the molecule is CCCc1cc(=O)n2c(C(=O)Nc3c(F)cccc3F)c(C(=O)Nc3ccc(C(=O)OC)cc3)sc2n1. The highest BCUT2D eigenvalue weighted by Gasteiger charge is 2.27. The first kappa shape index (κ1) is 25.6. The van der Waals surface area contributed by atoms with E-state index in [1.54, 1.807) is 0 Å². The summed E-state index contributed by atoms with van der Waals surface area (Å²) in [4.78, 5) is 55.3. The van der Waals surface area contributed by atoms with Gasteiger partial charge in [0.15, 0.2) is 4.96 Å². The standard InChI is InChI=1S/C25H20F2N4O5S/c1-3-5-15-12-18(32)31-20(22(33)30-19-16(26)6-4-7-17(19)27)21(37-25(31)29-15)23(34)28-14-10-8-13(9-11-14)24(35)36-2/h4,6-12H,3,5H2,1-2H3,(H,28,34)(H,30,33). The first-order chi connectivity index (χ1) is 17.7. The Hall–Kier alpha value is -4.45. The van der Waals surface area contributed by atoms with Crippen molar-refractivity contribution in [2.75, 3.05) is 17.7 Å². The monoisotopic (exact) mass is 526 g/mol. The van der Waals surface area contributed by atoms with Crippen molar-refractivity contribution in [1.29, 1.82) is 0 Å². The number of hydrogen-bond donors (Lipinski definition) is 2. The van der Waals surface area contributed by atoms with Crippen molar-refractivity contribution >= 4 is 45.5 Å². The summed E-state index contributed by atoms with van der Waals surface area (Å²) in [6.07, 6.45) is 1.21. The average Bonchev–Trinajstić information content (AvgIpc) is 3.27. The van der Waals surface area contributed by atoms with Gasteiger partial charge in [0.1, 0.15) is 27.9 Å². The van der Waals surface area contributed by atoms with E-state index in [0.29, 0.717) is 18.5 Å². The van der Waals surface area contributed by atoms with Crippen LogP contribution in [0, 0.1) is 11.6 Å². The first-order valence-corrected chi connectivity index (χ1v) is 11.9. The summed E-state index contributed by atoms with van der Waals surface area (Å²) >= 11 is 0.782. The molecule has 0 atom stereocenters. The molecule has 0 saturated heterocycles. The van der Waals surface area contributed by atoms with Crippen LogP contribution in [0.25, 0.3) is 4.96 Å². The molecule has 0 fully saturated rings. The number of aryl methyl sites for hydroxylation is 1. The van der Waals surface area contributed by atoms with Gasteiger partial charge in [-0.25, -0.2) is 23.0 Å². The Morgan fingerprint density at radius 1 is 1.03 bits per heavy atom. The molecule has 2 heterocycles. The van der Waals surface area contributed by atoms with Gasteiger partial charge in [-0.2, -0.15) is 0 Å². The number of fused-ring (bicyclic) bond motifs is 1. The Bertz CT molecular complexity index is 1560. The quantitative estimate of drug-likeness (QED) is 0.347. The molecule has 2 N–H and O–H groups in total. The second-order valence-electron chi connectivity index (χ2n) is 7.81. The zero-order chi connectivity index (χ0) is 26.7. The molecule has 2 amide bonds. The van der Waals surface area contributed by atoms with Crippen molar-refractivity contribution in [3.63, 3.8) is 0 Å². The van der Waals surface area contributed by atoms with Crippen LogP contribution in [0.1, 0.15) is 49.6 Å². The minimum Gasteiger partial charge on any atom is -0.465 e. The molecule has 0 aliphatic rings. The maximum atomic E-state index is 14.2. The number of nitrogens with zero attached hydrogens (tertiary/aromatic N) is 2. The van der Waals surface area contributed by atoms with Crippen molar-refractivity contribution in [1.82, 2.24) is 9.38 Å². The molecule has 4 aromatic rings. The molecular formula is C25H20F2N4O5S. The third-order valence-electron chi connectivity index (χ3n) is 5.27. The van der Waals surface area contributed by atoms with Gasteiger partial charge in [-0.05, 0) is 42.8 Å². The molecule has 0 aliphatic heterocycles. The minimum atomic E-state index is -1.08. The van der Waals surface area contributed by atoms with Crippen LogP contribution in [0.4, 0.5) is 20.2 Å². The molecule has 2 aromatic heterocycles. The van der Waals surface area contributed by atoms with Crippen LogP contribution in [0.3, 0.4) is 0 Å². The van der Waals surface area contributed by atoms with Gasteiger partial charge >= 0.3 is 5.97 Å². The lowest BCUT2D eigenvalue weighted by molar-refractivity contribution is 0.0600. The number of para-hydroxylation sites is 1. The fourth-order valence-corrected chi connectivity index (χ4v) is 4.59. The molecule has 0 unspecified atom stereocenters. The van der Waals surface area contributed by atoms with Gasteiger partial charge in [0.05, 0.1) is 12.7 Å². The second kappa shape index (κ2) is 10.7. The Labute approximate surface area is 212 Å². The molecular weight excluding hydrogens is 506 g/mol. The lowest BCUT2D eigenvalue weighted by Crippen LogP contribution is -2.26. The molecule has 37 heavy (non-hydrogen) atoms. The van der Waals surface area contributed by atoms with Crippen LogP contribution in [0.2, 0.25) is 0 Å². The summed E-state index contributed by atoms with van der Waals surface area (Å²) in [6, 6.07) is 10.1. The fraction of sp³-hybridized carbons (Fsp3) is 0.160. The topological polar surface area (TPSA) is 119 Å². The third kappa shape index (κ3) is 5.23. The maximum Gasteiger partial charge on any atom is 0.337 e. The number of amides is 2. The van der Waals surface area contributed by atoms with E-state index in [-0.39, 0.29) is 21.1 Å². The largest absolute Gasteiger partial charge is 0.465 e. The summed E-state index contributed by atoms with van der Waals surface area (Å²) in [5, 5.41) is 4.72. The highest BCUT2D eigenvalue weighted by Crippen LogP contribution is 2.26. The van der Waals surface area contributed by atoms with Crippen LogP contribution in [0.15, 0.2) is 53.3 Å². The zero-order valence-electron chi connectivity index (χ0n) is 19.6. The van der Waals surface area contributed by atoms with Crippen LogP contribution < -0.4 is 16.2 Å². The number of ether oxygens (including phenoxy) is 1. The predicted molar refractivity (Wildman–Crippen MR) is 133 cm³/mol. The molecule has 190 valence electrons. The number of carbonyl (C=O) groups is 3. The van der Waals surface area contributed by atoms with E-state index in [4.69, 9.17) is 0 Å². The van der Waals surface area contributed by atoms with E-state index in [1.807, 2.05) is 6.92 Å². The van der Waals surface area contributed by atoms with Crippen molar-refractivity contribution < 1.29 is 27.9 Å². The molecule has 0 spiro atoms. The number of aromatic nitrogens is 2. The van der Waals surface area contributed by atoms with Crippen molar-refractivity contribution in [2.45, 2.75) is 19.8 Å². The molecule has 0 radical (unpaired) electrons. The van der Waals surface area contributed by atoms with E-state index in [9.17, 15) is 28.0 Å². The van der Waals surface area contributed by atoms with Crippen LogP contribution in [-0.4, -0.2) is 34.3 Å². The molecule has 0 bridgehead atoms. The Balaban J connectivity index is 1.78. The number of halogens is 2. The summed E-state index contributed by atoms with van der Waals surface area (Å²) in [5.41, 5.74) is -0.745. The van der Waals surface area contributed by atoms with E-state index in [1.165, 1.54) is 37.4 Å². The number of carbonyl (C=O) groups excluding carboxylic acids is 3. The minimum absolute atomic E-state index is 0.0706. The predicted octanol–water partition coefficient (Wildman–Crippen LogP) is 4.28. The van der Waals surface area contributed by atoms with Crippen molar-refractivity contribution in [3.05, 3.63) is 92.3 Å². The smallest absolute Gasteiger partial charge is 0.337 e. The summed E-state index contributed by atoms with van der Waals surface area (Å²) in [7, 11) is 1.24. The highest BCUT2D eigenvalue weighted by molar-refractivity contribution is 7.19. The molecule has 12 heteroatoms. The Morgan fingerprint density at radius 2 is 1.70 bits per heavy atom. The number of nitrogens with one attached hydrogen (secondary N) is 2. The average molecular weight is 527 g/mol. The first-order valence-electron chi connectivity index (χ1n) is 11.0. The van der Waals surface area contributed by atoms with Gasteiger partial charge in [0.2, 0.25) is 0 Å². The van der Waals surface area contributed by atoms with Crippen LogP contribution in [0.5, 0.6) is 0 Å². The van der Waals surface area contributed by atoms with Crippen molar-refractivity contribution in [2.24, 2.45) is 0 Å². The number of rotatable bonds is 7. The number of hydrogen-bond acceptors (Lipinski definition) is 7. The zero-order valence-corrected chi connectivity index (χ0v) is 20.4. The number of esters is 1. The maximum absolute atomic E-state index is 14.2. The molecule has 0 aliphatic carbocycles. The van der Waals surface area contributed by atoms with Gasteiger partial charge < -0.3 is 15.4 Å². The molecule has 9 nitrogen and oxygen atoms in total. The van der Waals surface area contributed by atoms with Gasteiger partial charge in [-0.1, -0.05) is 30.7 Å². The van der Waals surface area contributed by atoms with Crippen LogP contribution >= 0.6 is 11.3 Å². The molecule has 4 rings (SSSR count). The molecule has 0 saturated carbocycles. The van der Waals surface area contributed by atoms with E-state index < -0.39 is 46.4 Å². The normalized spacial score (nSPS) is 10.8. The summed E-state index contributed by atoms with van der Waals surface area (Å²) < 4.78 is 34.0.